The first kappa shape index (κ1) is 16.1. The molecule has 2 heterocycles. The first-order valence-corrected chi connectivity index (χ1v) is 8.81. The minimum atomic E-state index is 0.0717. The van der Waals surface area contributed by atoms with Crippen molar-refractivity contribution < 1.29 is 5.11 Å². The van der Waals surface area contributed by atoms with E-state index in [-0.39, 0.29) is 12.6 Å². The molecule has 4 rings (SSSR count). The van der Waals surface area contributed by atoms with Gasteiger partial charge in [0.15, 0.2) is 0 Å². The molecular formula is C21H23N3O. The zero-order chi connectivity index (χ0) is 17.1. The van der Waals surface area contributed by atoms with Crippen molar-refractivity contribution in [1.29, 1.82) is 0 Å². The lowest BCUT2D eigenvalue weighted by atomic mass is 9.93. The SMILES string of the molecule is OCC1c2ccccc2CCN1Cc1cnn(Cc2ccccc2)c1. The summed E-state index contributed by atoms with van der Waals surface area (Å²) in [4.78, 5) is 2.35. The zero-order valence-electron chi connectivity index (χ0n) is 14.3. The van der Waals surface area contributed by atoms with Gasteiger partial charge in [-0.2, -0.15) is 5.10 Å². The molecule has 0 spiro atoms. The standard InChI is InChI=1S/C21H23N3O/c25-16-21-20-9-5-4-8-19(20)10-11-23(21)13-18-12-22-24(15-18)14-17-6-2-1-3-7-17/h1-9,12,15,21,25H,10-11,13-14,16H2. The average Bonchev–Trinajstić information content (AvgIpc) is 3.09. The van der Waals surface area contributed by atoms with Gasteiger partial charge in [-0.15, -0.1) is 0 Å². The monoisotopic (exact) mass is 333 g/mol. The quantitative estimate of drug-likeness (QED) is 0.780. The molecule has 4 heteroatoms. The van der Waals surface area contributed by atoms with Crippen LogP contribution in [0.5, 0.6) is 0 Å². The van der Waals surface area contributed by atoms with Crippen molar-refractivity contribution in [2.24, 2.45) is 0 Å². The summed E-state index contributed by atoms with van der Waals surface area (Å²) in [6, 6.07) is 18.9. The molecule has 0 fully saturated rings. The lowest BCUT2D eigenvalue weighted by Gasteiger charge is -2.36. The Labute approximate surface area is 148 Å². The van der Waals surface area contributed by atoms with Crippen molar-refractivity contribution in [1.82, 2.24) is 14.7 Å². The van der Waals surface area contributed by atoms with Gasteiger partial charge in [0.05, 0.1) is 25.4 Å². The summed E-state index contributed by atoms with van der Waals surface area (Å²) in [5.74, 6) is 0. The molecule has 0 bridgehead atoms. The highest BCUT2D eigenvalue weighted by Gasteiger charge is 2.26. The molecule has 0 saturated carbocycles. The molecule has 1 aliphatic heterocycles. The maximum absolute atomic E-state index is 9.92. The molecule has 1 atom stereocenters. The molecule has 4 nitrogen and oxygen atoms in total. The second kappa shape index (κ2) is 7.21. The van der Waals surface area contributed by atoms with E-state index in [1.54, 1.807) is 0 Å². The summed E-state index contributed by atoms with van der Waals surface area (Å²) < 4.78 is 1.98. The van der Waals surface area contributed by atoms with Crippen LogP contribution in [0.25, 0.3) is 0 Å². The Bertz CT molecular complexity index is 828. The van der Waals surface area contributed by atoms with E-state index in [1.165, 1.54) is 22.3 Å². The number of fused-ring (bicyclic) bond motifs is 1. The normalized spacial score (nSPS) is 17.4. The number of aliphatic hydroxyl groups excluding tert-OH is 1. The Kier molecular flexibility index (Phi) is 4.63. The average molecular weight is 333 g/mol. The van der Waals surface area contributed by atoms with Crippen molar-refractivity contribution in [2.45, 2.75) is 25.6 Å². The van der Waals surface area contributed by atoms with Gasteiger partial charge in [-0.1, -0.05) is 54.6 Å². The zero-order valence-corrected chi connectivity index (χ0v) is 14.3. The molecule has 1 aliphatic rings. The molecule has 3 aromatic rings. The lowest BCUT2D eigenvalue weighted by Crippen LogP contribution is -2.36. The van der Waals surface area contributed by atoms with Crippen molar-refractivity contribution >= 4 is 0 Å². The van der Waals surface area contributed by atoms with Crippen molar-refractivity contribution in [2.75, 3.05) is 13.2 Å². The first-order chi connectivity index (χ1) is 12.3. The number of rotatable bonds is 5. The third kappa shape index (κ3) is 3.50. The number of nitrogens with zero attached hydrogens (tertiary/aromatic N) is 3. The van der Waals surface area contributed by atoms with Gasteiger partial charge in [0, 0.05) is 24.8 Å². The molecule has 25 heavy (non-hydrogen) atoms. The Morgan fingerprint density at radius 3 is 2.60 bits per heavy atom. The summed E-state index contributed by atoms with van der Waals surface area (Å²) in [5.41, 5.74) is 5.05. The van der Waals surface area contributed by atoms with Crippen LogP contribution < -0.4 is 0 Å². The van der Waals surface area contributed by atoms with Crippen LogP contribution in [0.4, 0.5) is 0 Å². The predicted octanol–water partition coefficient (Wildman–Crippen LogP) is 3.02. The van der Waals surface area contributed by atoms with E-state index in [0.717, 1.165) is 26.1 Å². The highest BCUT2D eigenvalue weighted by Crippen LogP contribution is 2.30. The molecule has 2 aromatic carbocycles. The van der Waals surface area contributed by atoms with Crippen LogP contribution >= 0.6 is 0 Å². The van der Waals surface area contributed by atoms with Crippen LogP contribution in [-0.2, 0) is 19.5 Å². The molecule has 128 valence electrons. The van der Waals surface area contributed by atoms with Crippen LogP contribution in [0.15, 0.2) is 67.0 Å². The summed E-state index contributed by atoms with van der Waals surface area (Å²) in [5, 5.41) is 14.4. The fourth-order valence-corrected chi connectivity index (χ4v) is 3.69. The van der Waals surface area contributed by atoms with E-state index >= 15 is 0 Å². The van der Waals surface area contributed by atoms with Crippen molar-refractivity contribution in [3.8, 4) is 0 Å². The molecular weight excluding hydrogens is 310 g/mol. The largest absolute Gasteiger partial charge is 0.394 e. The van der Waals surface area contributed by atoms with E-state index in [2.05, 4.69) is 64.7 Å². The third-order valence-corrected chi connectivity index (χ3v) is 4.96. The maximum atomic E-state index is 9.92. The molecule has 0 radical (unpaired) electrons. The molecule has 1 aromatic heterocycles. The molecule has 0 amide bonds. The summed E-state index contributed by atoms with van der Waals surface area (Å²) >= 11 is 0. The van der Waals surface area contributed by atoms with E-state index in [0.29, 0.717) is 0 Å². The molecule has 0 saturated heterocycles. The second-order valence-electron chi connectivity index (χ2n) is 6.65. The topological polar surface area (TPSA) is 41.3 Å². The number of hydrogen-bond acceptors (Lipinski definition) is 3. The Balaban J connectivity index is 1.47. The fourth-order valence-electron chi connectivity index (χ4n) is 3.69. The Morgan fingerprint density at radius 2 is 1.76 bits per heavy atom. The number of benzene rings is 2. The second-order valence-corrected chi connectivity index (χ2v) is 6.65. The van der Waals surface area contributed by atoms with Crippen molar-refractivity contribution in [3.05, 3.63) is 89.2 Å². The Hall–Kier alpha value is -2.43. The van der Waals surface area contributed by atoms with Crippen LogP contribution in [0.2, 0.25) is 0 Å². The molecule has 1 N–H and O–H groups in total. The van der Waals surface area contributed by atoms with Gasteiger partial charge in [-0.05, 0) is 23.1 Å². The smallest absolute Gasteiger partial charge is 0.0659 e. The third-order valence-electron chi connectivity index (χ3n) is 4.96. The van der Waals surface area contributed by atoms with Gasteiger partial charge in [0.1, 0.15) is 0 Å². The van der Waals surface area contributed by atoms with Crippen LogP contribution in [0.1, 0.15) is 28.3 Å². The van der Waals surface area contributed by atoms with Crippen molar-refractivity contribution in [3.63, 3.8) is 0 Å². The summed E-state index contributed by atoms with van der Waals surface area (Å²) in [6.07, 6.45) is 5.09. The lowest BCUT2D eigenvalue weighted by molar-refractivity contribution is 0.108. The fraction of sp³-hybridized carbons (Fsp3) is 0.286. The number of aliphatic hydroxyl groups is 1. The molecule has 0 aliphatic carbocycles. The minimum Gasteiger partial charge on any atom is -0.394 e. The minimum absolute atomic E-state index is 0.0717. The highest BCUT2D eigenvalue weighted by atomic mass is 16.3. The van der Waals surface area contributed by atoms with E-state index in [9.17, 15) is 5.11 Å². The van der Waals surface area contributed by atoms with E-state index in [4.69, 9.17) is 0 Å². The highest BCUT2D eigenvalue weighted by molar-refractivity contribution is 5.32. The van der Waals surface area contributed by atoms with Crippen LogP contribution in [-0.4, -0.2) is 32.9 Å². The van der Waals surface area contributed by atoms with Crippen LogP contribution in [0.3, 0.4) is 0 Å². The summed E-state index contributed by atoms with van der Waals surface area (Å²) in [6.45, 7) is 2.71. The molecule has 1 unspecified atom stereocenters. The predicted molar refractivity (Wildman–Crippen MR) is 98.2 cm³/mol. The summed E-state index contributed by atoms with van der Waals surface area (Å²) in [7, 11) is 0. The van der Waals surface area contributed by atoms with Gasteiger partial charge in [0.25, 0.3) is 0 Å². The first-order valence-electron chi connectivity index (χ1n) is 8.81. The van der Waals surface area contributed by atoms with Gasteiger partial charge in [-0.25, -0.2) is 0 Å². The number of hydrogen-bond donors (Lipinski definition) is 1. The maximum Gasteiger partial charge on any atom is 0.0659 e. The van der Waals surface area contributed by atoms with E-state index < -0.39 is 0 Å². The Morgan fingerprint density at radius 1 is 0.960 bits per heavy atom. The number of aromatic nitrogens is 2. The van der Waals surface area contributed by atoms with Gasteiger partial charge in [0.2, 0.25) is 0 Å². The van der Waals surface area contributed by atoms with Gasteiger partial charge in [-0.3, -0.25) is 9.58 Å². The van der Waals surface area contributed by atoms with Gasteiger partial charge < -0.3 is 5.11 Å². The van der Waals surface area contributed by atoms with E-state index in [1.807, 2.05) is 16.9 Å². The van der Waals surface area contributed by atoms with Crippen LogP contribution in [0, 0.1) is 0 Å². The van der Waals surface area contributed by atoms with Gasteiger partial charge >= 0.3 is 0 Å².